The molecule has 0 atom stereocenters. The Bertz CT molecular complexity index is 537. The second-order valence-corrected chi connectivity index (χ2v) is 3.74. The lowest BCUT2D eigenvalue weighted by Crippen LogP contribution is -2.11. The zero-order valence-corrected chi connectivity index (χ0v) is 9.19. The van der Waals surface area contributed by atoms with Gasteiger partial charge in [0.1, 0.15) is 6.67 Å². The van der Waals surface area contributed by atoms with Crippen LogP contribution in [0.15, 0.2) is 48.5 Å². The second-order valence-electron chi connectivity index (χ2n) is 3.74. The van der Waals surface area contributed by atoms with Crippen molar-refractivity contribution >= 4 is 5.91 Å². The zero-order chi connectivity index (χ0) is 12.3. The molecule has 3 heteroatoms. The van der Waals surface area contributed by atoms with Crippen LogP contribution < -0.4 is 5.73 Å². The van der Waals surface area contributed by atoms with E-state index in [1.807, 2.05) is 30.3 Å². The van der Waals surface area contributed by atoms with Gasteiger partial charge in [-0.05, 0) is 28.8 Å². The van der Waals surface area contributed by atoms with Crippen LogP contribution in [0.25, 0.3) is 11.1 Å². The first-order chi connectivity index (χ1) is 8.22. The van der Waals surface area contributed by atoms with E-state index in [4.69, 9.17) is 5.73 Å². The fourth-order valence-corrected chi connectivity index (χ4v) is 1.76. The van der Waals surface area contributed by atoms with E-state index in [2.05, 4.69) is 0 Å². The van der Waals surface area contributed by atoms with Gasteiger partial charge in [0.25, 0.3) is 0 Å². The first-order valence-electron chi connectivity index (χ1n) is 5.26. The van der Waals surface area contributed by atoms with E-state index in [1.54, 1.807) is 12.1 Å². The number of hydrogen-bond acceptors (Lipinski definition) is 1. The second kappa shape index (κ2) is 4.78. The minimum absolute atomic E-state index is 0.331. The number of hydrogen-bond donors (Lipinski definition) is 1. The normalized spacial score (nSPS) is 10.2. The number of nitrogens with two attached hydrogens (primary N) is 1. The largest absolute Gasteiger partial charge is 0.366 e. The van der Waals surface area contributed by atoms with Crippen LogP contribution in [0.4, 0.5) is 4.39 Å². The summed E-state index contributed by atoms with van der Waals surface area (Å²) in [7, 11) is 0. The number of carbonyl (C=O) groups excluding carboxylic acids is 1. The average molecular weight is 229 g/mol. The summed E-state index contributed by atoms with van der Waals surface area (Å²) in [6, 6.07) is 14.3. The van der Waals surface area contributed by atoms with Crippen molar-refractivity contribution in [2.45, 2.75) is 6.67 Å². The minimum Gasteiger partial charge on any atom is -0.366 e. The number of halogens is 1. The fraction of sp³-hybridized carbons (Fsp3) is 0.0714. The molecule has 0 radical (unpaired) electrons. The molecular weight excluding hydrogens is 217 g/mol. The summed E-state index contributed by atoms with van der Waals surface area (Å²) in [5.74, 6) is -0.542. The van der Waals surface area contributed by atoms with Crippen LogP contribution in [0.1, 0.15) is 15.9 Å². The Labute approximate surface area is 98.9 Å². The maximum atomic E-state index is 13.0. The highest BCUT2D eigenvalue weighted by Gasteiger charge is 2.08. The smallest absolute Gasteiger partial charge is 0.248 e. The van der Waals surface area contributed by atoms with Crippen molar-refractivity contribution in [1.29, 1.82) is 0 Å². The topological polar surface area (TPSA) is 43.1 Å². The van der Waals surface area contributed by atoms with Crippen LogP contribution in [0.5, 0.6) is 0 Å². The van der Waals surface area contributed by atoms with Gasteiger partial charge in [-0.25, -0.2) is 4.39 Å². The Morgan fingerprint density at radius 1 is 1.12 bits per heavy atom. The molecule has 0 saturated carbocycles. The van der Waals surface area contributed by atoms with Crippen molar-refractivity contribution in [3.63, 3.8) is 0 Å². The number of rotatable bonds is 3. The highest BCUT2D eigenvalue weighted by molar-refractivity contribution is 5.93. The lowest BCUT2D eigenvalue weighted by atomic mass is 9.98. The maximum absolute atomic E-state index is 13.0. The molecule has 86 valence electrons. The third kappa shape index (κ3) is 2.33. The number of benzene rings is 2. The van der Waals surface area contributed by atoms with E-state index in [0.29, 0.717) is 11.1 Å². The average Bonchev–Trinajstić information content (AvgIpc) is 2.39. The Balaban J connectivity index is 2.52. The number of carbonyl (C=O) groups is 1. The van der Waals surface area contributed by atoms with E-state index in [9.17, 15) is 9.18 Å². The third-order valence-corrected chi connectivity index (χ3v) is 2.62. The standard InChI is InChI=1S/C14H12FNO/c15-9-12-8-11(14(16)17)6-7-13(12)10-4-2-1-3-5-10/h1-8H,9H2,(H2,16,17). The predicted molar refractivity (Wildman–Crippen MR) is 65.2 cm³/mol. The monoisotopic (exact) mass is 229 g/mol. The van der Waals surface area contributed by atoms with Crippen molar-refractivity contribution in [2.75, 3.05) is 0 Å². The zero-order valence-electron chi connectivity index (χ0n) is 9.19. The predicted octanol–water partition coefficient (Wildman–Crippen LogP) is 2.92. The maximum Gasteiger partial charge on any atom is 0.248 e. The van der Waals surface area contributed by atoms with Gasteiger partial charge < -0.3 is 5.73 Å². The molecule has 2 nitrogen and oxygen atoms in total. The fourth-order valence-electron chi connectivity index (χ4n) is 1.76. The molecule has 0 unspecified atom stereocenters. The van der Waals surface area contributed by atoms with Crippen molar-refractivity contribution in [3.05, 3.63) is 59.7 Å². The highest BCUT2D eigenvalue weighted by Crippen LogP contribution is 2.25. The van der Waals surface area contributed by atoms with Gasteiger partial charge in [0, 0.05) is 5.56 Å². The van der Waals surface area contributed by atoms with Gasteiger partial charge in [0.2, 0.25) is 5.91 Å². The van der Waals surface area contributed by atoms with Crippen LogP contribution in [-0.4, -0.2) is 5.91 Å². The lowest BCUT2D eigenvalue weighted by molar-refractivity contribution is 0.1000. The molecule has 0 fully saturated rings. The molecule has 2 N–H and O–H groups in total. The van der Waals surface area contributed by atoms with Crippen LogP contribution >= 0.6 is 0 Å². The molecule has 0 aliphatic heterocycles. The first-order valence-corrected chi connectivity index (χ1v) is 5.26. The molecule has 0 aliphatic carbocycles. The van der Waals surface area contributed by atoms with E-state index < -0.39 is 12.6 Å². The van der Waals surface area contributed by atoms with Gasteiger partial charge in [0.05, 0.1) is 0 Å². The first kappa shape index (κ1) is 11.3. The van der Waals surface area contributed by atoms with Crippen LogP contribution in [0, 0.1) is 0 Å². The van der Waals surface area contributed by atoms with Crippen LogP contribution in [-0.2, 0) is 6.67 Å². The minimum atomic E-state index is -0.620. The lowest BCUT2D eigenvalue weighted by Gasteiger charge is -2.08. The Hall–Kier alpha value is -2.16. The van der Waals surface area contributed by atoms with Crippen molar-refractivity contribution in [1.82, 2.24) is 0 Å². The van der Waals surface area contributed by atoms with E-state index >= 15 is 0 Å². The van der Waals surface area contributed by atoms with Crippen LogP contribution in [0.2, 0.25) is 0 Å². The summed E-state index contributed by atoms with van der Waals surface area (Å²) in [6.07, 6.45) is 0. The summed E-state index contributed by atoms with van der Waals surface area (Å²) >= 11 is 0. The van der Waals surface area contributed by atoms with Crippen LogP contribution in [0.3, 0.4) is 0 Å². The van der Waals surface area contributed by atoms with E-state index in [-0.39, 0.29) is 0 Å². The molecule has 0 saturated heterocycles. The van der Waals surface area contributed by atoms with Crippen molar-refractivity contribution in [2.24, 2.45) is 5.73 Å². The summed E-state index contributed by atoms with van der Waals surface area (Å²) in [4.78, 5) is 11.0. The molecule has 0 heterocycles. The third-order valence-electron chi connectivity index (χ3n) is 2.62. The quantitative estimate of drug-likeness (QED) is 0.863. The van der Waals surface area contributed by atoms with Gasteiger partial charge in [-0.15, -0.1) is 0 Å². The summed E-state index contributed by atoms with van der Waals surface area (Å²) in [5.41, 5.74) is 7.69. The Kier molecular flexibility index (Phi) is 3.19. The number of amides is 1. The van der Waals surface area contributed by atoms with Gasteiger partial charge in [-0.3, -0.25) is 4.79 Å². The molecular formula is C14H12FNO. The summed E-state index contributed by atoms with van der Waals surface area (Å²) in [6.45, 7) is -0.620. The van der Waals surface area contributed by atoms with Gasteiger partial charge in [-0.2, -0.15) is 0 Å². The molecule has 0 spiro atoms. The molecule has 1 amide bonds. The van der Waals surface area contributed by atoms with Crippen molar-refractivity contribution < 1.29 is 9.18 Å². The number of alkyl halides is 1. The van der Waals surface area contributed by atoms with E-state index in [1.165, 1.54) is 6.07 Å². The highest BCUT2D eigenvalue weighted by atomic mass is 19.1. The Morgan fingerprint density at radius 3 is 2.41 bits per heavy atom. The SMILES string of the molecule is NC(=O)c1ccc(-c2ccccc2)c(CF)c1. The Morgan fingerprint density at radius 2 is 1.82 bits per heavy atom. The number of primary amides is 1. The van der Waals surface area contributed by atoms with Gasteiger partial charge in [0.15, 0.2) is 0 Å². The molecule has 0 aliphatic rings. The molecule has 2 rings (SSSR count). The van der Waals surface area contributed by atoms with Gasteiger partial charge in [-0.1, -0.05) is 36.4 Å². The summed E-state index contributed by atoms with van der Waals surface area (Å²) < 4.78 is 13.0. The van der Waals surface area contributed by atoms with Gasteiger partial charge >= 0.3 is 0 Å². The molecule has 0 aromatic heterocycles. The van der Waals surface area contributed by atoms with E-state index in [0.717, 1.165) is 11.1 Å². The molecule has 17 heavy (non-hydrogen) atoms. The summed E-state index contributed by atoms with van der Waals surface area (Å²) in [5, 5.41) is 0. The van der Waals surface area contributed by atoms with Crippen molar-refractivity contribution in [3.8, 4) is 11.1 Å². The molecule has 0 bridgehead atoms. The molecule has 2 aromatic rings. The molecule has 2 aromatic carbocycles.